The van der Waals surface area contributed by atoms with Crippen molar-refractivity contribution in [3.63, 3.8) is 0 Å². The van der Waals surface area contributed by atoms with Crippen LogP contribution in [0.3, 0.4) is 0 Å². The molecule has 1 aromatic carbocycles. The van der Waals surface area contributed by atoms with Crippen LogP contribution in [-0.4, -0.2) is 23.8 Å². The maximum atomic E-state index is 12.8. The third-order valence-corrected chi connectivity index (χ3v) is 7.11. The summed E-state index contributed by atoms with van der Waals surface area (Å²) in [6.45, 7) is 0. The molecule has 3 aromatic rings. The molecule has 0 bridgehead atoms. The zero-order chi connectivity index (χ0) is 19.8. The van der Waals surface area contributed by atoms with Gasteiger partial charge in [-0.3, -0.25) is 19.7 Å². The number of fused-ring (bicyclic) bond motifs is 2. The summed E-state index contributed by atoms with van der Waals surface area (Å²) in [4.78, 5) is 37.3. The zero-order valence-corrected chi connectivity index (χ0v) is 16.7. The minimum atomic E-state index is -0.456. The van der Waals surface area contributed by atoms with Gasteiger partial charge < -0.3 is 10.6 Å². The Kier molecular flexibility index (Phi) is 4.86. The lowest BCUT2D eigenvalue weighted by atomic mass is 9.95. The molecule has 0 atom stereocenters. The quantitative estimate of drug-likeness (QED) is 0.488. The van der Waals surface area contributed by atoms with E-state index in [1.165, 1.54) is 34.8 Å². The van der Waals surface area contributed by atoms with Crippen molar-refractivity contribution in [2.75, 3.05) is 12.4 Å². The molecule has 4 rings (SSSR count). The summed E-state index contributed by atoms with van der Waals surface area (Å²) in [6.07, 6.45) is 3.89. The second-order valence-corrected chi connectivity index (χ2v) is 8.73. The van der Waals surface area contributed by atoms with Crippen LogP contribution in [0.5, 0.6) is 0 Å². The Hall–Kier alpha value is -2.78. The van der Waals surface area contributed by atoms with Gasteiger partial charge in [-0.1, -0.05) is 0 Å². The molecule has 0 radical (unpaired) electrons. The van der Waals surface area contributed by atoms with Crippen molar-refractivity contribution < 1.29 is 14.5 Å². The molecule has 2 amide bonds. The number of hydrogen-bond donors (Lipinski definition) is 2. The van der Waals surface area contributed by atoms with E-state index in [-0.39, 0.29) is 17.5 Å². The lowest BCUT2D eigenvalue weighted by Crippen LogP contribution is -2.22. The van der Waals surface area contributed by atoms with Crippen molar-refractivity contribution in [3.8, 4) is 0 Å². The highest BCUT2D eigenvalue weighted by atomic mass is 32.1. The number of benzene rings is 1. The lowest BCUT2D eigenvalue weighted by Gasteiger charge is -2.12. The van der Waals surface area contributed by atoms with Gasteiger partial charge in [0.1, 0.15) is 5.00 Å². The van der Waals surface area contributed by atoms with Crippen LogP contribution in [-0.2, 0) is 12.8 Å². The molecule has 0 saturated heterocycles. The van der Waals surface area contributed by atoms with E-state index in [0.29, 0.717) is 20.8 Å². The van der Waals surface area contributed by atoms with Crippen LogP contribution in [0.15, 0.2) is 24.3 Å². The number of nitro groups is 1. The van der Waals surface area contributed by atoms with E-state index in [4.69, 9.17) is 0 Å². The summed E-state index contributed by atoms with van der Waals surface area (Å²) in [5, 5.41) is 17.7. The van der Waals surface area contributed by atoms with Crippen molar-refractivity contribution in [2.24, 2.45) is 0 Å². The van der Waals surface area contributed by atoms with E-state index in [1.807, 2.05) is 0 Å². The van der Waals surface area contributed by atoms with Crippen LogP contribution in [0.4, 0.5) is 10.7 Å². The first-order valence-corrected chi connectivity index (χ1v) is 10.5. The number of nitrogens with zero attached hydrogens (tertiary/aromatic N) is 1. The number of rotatable bonds is 4. The van der Waals surface area contributed by atoms with Gasteiger partial charge >= 0.3 is 0 Å². The monoisotopic (exact) mass is 415 g/mol. The number of nitro benzene ring substituents is 1. The summed E-state index contributed by atoms with van der Waals surface area (Å²) in [6, 6.07) is 6.18. The van der Waals surface area contributed by atoms with Gasteiger partial charge in [0, 0.05) is 34.1 Å². The van der Waals surface area contributed by atoms with Gasteiger partial charge in [-0.15, -0.1) is 22.7 Å². The number of carbonyl (C=O) groups is 2. The largest absolute Gasteiger partial charge is 0.355 e. The summed E-state index contributed by atoms with van der Waals surface area (Å²) in [5.74, 6) is -0.505. The SMILES string of the molecule is CNC(=O)c1c(NC(=O)c2cc3cc([N+](=O)[O-])ccc3s2)sc2c1CCCC2. The van der Waals surface area contributed by atoms with E-state index in [0.717, 1.165) is 40.8 Å². The minimum absolute atomic E-state index is 0.00917. The van der Waals surface area contributed by atoms with Crippen LogP contribution in [0.1, 0.15) is 43.3 Å². The molecule has 2 heterocycles. The van der Waals surface area contributed by atoms with Crippen molar-refractivity contribution in [1.82, 2.24) is 5.32 Å². The molecule has 0 aliphatic heterocycles. The maximum absolute atomic E-state index is 12.8. The average Bonchev–Trinajstić information content (AvgIpc) is 3.27. The summed E-state index contributed by atoms with van der Waals surface area (Å²) < 4.78 is 0.799. The van der Waals surface area contributed by atoms with Gasteiger partial charge in [0.05, 0.1) is 15.4 Å². The average molecular weight is 415 g/mol. The van der Waals surface area contributed by atoms with E-state index in [9.17, 15) is 19.7 Å². The first-order valence-electron chi connectivity index (χ1n) is 8.84. The normalized spacial score (nSPS) is 13.2. The Bertz CT molecular complexity index is 1120. The van der Waals surface area contributed by atoms with Gasteiger partial charge in [-0.05, 0) is 43.4 Å². The molecule has 1 aliphatic carbocycles. The Morgan fingerprint density at radius 3 is 2.64 bits per heavy atom. The fourth-order valence-electron chi connectivity index (χ4n) is 3.44. The number of carbonyl (C=O) groups excluding carboxylic acids is 2. The molecule has 2 aromatic heterocycles. The molecule has 1 aliphatic rings. The minimum Gasteiger partial charge on any atom is -0.355 e. The molecule has 7 nitrogen and oxygen atoms in total. The molecular formula is C19H17N3O4S2. The Morgan fingerprint density at radius 1 is 1.11 bits per heavy atom. The van der Waals surface area contributed by atoms with Crippen LogP contribution in [0.2, 0.25) is 0 Å². The number of nitrogens with one attached hydrogen (secondary N) is 2. The number of thiophene rings is 2. The number of amides is 2. The van der Waals surface area contributed by atoms with E-state index < -0.39 is 4.92 Å². The topological polar surface area (TPSA) is 101 Å². The smallest absolute Gasteiger partial charge is 0.270 e. The van der Waals surface area contributed by atoms with Gasteiger partial charge in [0.15, 0.2) is 0 Å². The van der Waals surface area contributed by atoms with Gasteiger partial charge in [-0.2, -0.15) is 0 Å². The van der Waals surface area contributed by atoms with Crippen LogP contribution in [0, 0.1) is 10.1 Å². The van der Waals surface area contributed by atoms with Crippen molar-refractivity contribution in [1.29, 1.82) is 0 Å². The third-order valence-electron chi connectivity index (χ3n) is 4.79. The number of anilines is 1. The van der Waals surface area contributed by atoms with E-state index in [1.54, 1.807) is 19.2 Å². The third kappa shape index (κ3) is 3.27. The van der Waals surface area contributed by atoms with Gasteiger partial charge in [0.25, 0.3) is 17.5 Å². The fourth-order valence-corrected chi connectivity index (χ4v) is 5.66. The molecule has 0 unspecified atom stereocenters. The Labute approximate surface area is 168 Å². The second kappa shape index (κ2) is 7.33. The molecule has 9 heteroatoms. The van der Waals surface area contributed by atoms with Crippen molar-refractivity contribution in [2.45, 2.75) is 25.7 Å². The standard InChI is InChI=1S/C19H17N3O4S2/c1-20-18(24)16-12-4-2-3-5-14(12)28-19(16)21-17(23)15-9-10-8-11(22(25)26)6-7-13(10)27-15/h6-9H,2-5H2,1H3,(H,20,24)(H,21,23). The lowest BCUT2D eigenvalue weighted by molar-refractivity contribution is -0.384. The summed E-state index contributed by atoms with van der Waals surface area (Å²) in [5.41, 5.74) is 1.59. The summed E-state index contributed by atoms with van der Waals surface area (Å²) in [7, 11) is 1.58. The predicted octanol–water partition coefficient (Wildman–Crippen LogP) is 4.36. The Morgan fingerprint density at radius 2 is 1.89 bits per heavy atom. The van der Waals surface area contributed by atoms with Crippen LogP contribution in [0.25, 0.3) is 10.1 Å². The van der Waals surface area contributed by atoms with Crippen molar-refractivity contribution in [3.05, 3.63) is 55.3 Å². The first-order chi connectivity index (χ1) is 13.5. The summed E-state index contributed by atoms with van der Waals surface area (Å²) >= 11 is 2.73. The molecule has 144 valence electrons. The highest BCUT2D eigenvalue weighted by molar-refractivity contribution is 7.21. The van der Waals surface area contributed by atoms with E-state index in [2.05, 4.69) is 10.6 Å². The molecular weight excluding hydrogens is 398 g/mol. The number of non-ortho nitro benzene ring substituents is 1. The fraction of sp³-hybridized carbons (Fsp3) is 0.263. The van der Waals surface area contributed by atoms with E-state index >= 15 is 0 Å². The molecule has 0 fully saturated rings. The molecule has 28 heavy (non-hydrogen) atoms. The van der Waals surface area contributed by atoms with Gasteiger partial charge in [0.2, 0.25) is 0 Å². The Balaban J connectivity index is 1.67. The second-order valence-electron chi connectivity index (χ2n) is 6.54. The zero-order valence-electron chi connectivity index (χ0n) is 15.0. The van der Waals surface area contributed by atoms with Crippen LogP contribution < -0.4 is 10.6 Å². The molecule has 2 N–H and O–H groups in total. The van der Waals surface area contributed by atoms with Crippen LogP contribution >= 0.6 is 22.7 Å². The molecule has 0 saturated carbocycles. The molecule has 0 spiro atoms. The van der Waals surface area contributed by atoms with Crippen molar-refractivity contribution >= 4 is 55.3 Å². The number of hydrogen-bond acceptors (Lipinski definition) is 6. The highest BCUT2D eigenvalue weighted by Gasteiger charge is 2.26. The number of aryl methyl sites for hydroxylation is 1. The predicted molar refractivity (Wildman–Crippen MR) is 111 cm³/mol. The highest BCUT2D eigenvalue weighted by Crippen LogP contribution is 2.39. The maximum Gasteiger partial charge on any atom is 0.270 e. The van der Waals surface area contributed by atoms with Gasteiger partial charge in [-0.25, -0.2) is 0 Å². The first kappa shape index (κ1) is 18.6.